The molecule has 7 nitrogen and oxygen atoms in total. The summed E-state index contributed by atoms with van der Waals surface area (Å²) in [5.41, 5.74) is 0.384. The zero-order chi connectivity index (χ0) is 30.1. The lowest BCUT2D eigenvalue weighted by atomic mass is 9.95. The van der Waals surface area contributed by atoms with Gasteiger partial charge in [-0.2, -0.15) is 13.2 Å². The Kier molecular flexibility index (Phi) is 8.46. The van der Waals surface area contributed by atoms with Gasteiger partial charge in [0.1, 0.15) is 5.82 Å². The van der Waals surface area contributed by atoms with Gasteiger partial charge < -0.3 is 16.0 Å². The second kappa shape index (κ2) is 11.5. The smallest absolute Gasteiger partial charge is 0.373 e. The van der Waals surface area contributed by atoms with Gasteiger partial charge in [0, 0.05) is 35.6 Å². The molecule has 214 valence electrons. The fraction of sp³-hybridized carbons (Fsp3) is 0.241. The highest BCUT2D eigenvalue weighted by molar-refractivity contribution is 6.40. The van der Waals surface area contributed by atoms with Gasteiger partial charge in [-0.05, 0) is 42.0 Å². The summed E-state index contributed by atoms with van der Waals surface area (Å²) in [6, 6.07) is 12.7. The number of halogens is 5. The molecule has 2 amide bonds. The molecule has 1 aromatic heterocycles. The average Bonchev–Trinajstić information content (AvgIpc) is 2.90. The molecule has 1 heterocycles. The molecule has 3 aromatic carbocycles. The van der Waals surface area contributed by atoms with Crippen LogP contribution >= 0.6 is 23.2 Å². The summed E-state index contributed by atoms with van der Waals surface area (Å²) in [4.78, 5) is 34.5. The van der Waals surface area contributed by atoms with Crippen LogP contribution < -0.4 is 16.0 Å². The number of carbonyl (C=O) groups is 2. The number of hydrogen-bond donors (Lipinski definition) is 3. The van der Waals surface area contributed by atoms with Crippen molar-refractivity contribution in [2.45, 2.75) is 33.5 Å². The molecule has 0 aliphatic heterocycles. The SMILES string of the molecule is CNc1nc(-c2ccc(C(F)(F)F)cc2)nc2cc(NC(=O)c3c(Cl)ccc(CNC(=O)C(C)(C)C)c3Cl)ccc12. The molecule has 3 N–H and O–H groups in total. The Hall–Kier alpha value is -3.89. The van der Waals surface area contributed by atoms with Crippen LogP contribution in [0.2, 0.25) is 10.0 Å². The van der Waals surface area contributed by atoms with Crippen molar-refractivity contribution in [2.24, 2.45) is 5.41 Å². The molecule has 0 unspecified atom stereocenters. The fourth-order valence-electron chi connectivity index (χ4n) is 3.91. The number of fused-ring (bicyclic) bond motifs is 1. The van der Waals surface area contributed by atoms with Crippen LogP contribution in [0.25, 0.3) is 22.3 Å². The van der Waals surface area contributed by atoms with Crippen molar-refractivity contribution in [1.82, 2.24) is 15.3 Å². The van der Waals surface area contributed by atoms with Gasteiger partial charge in [0.15, 0.2) is 5.82 Å². The topological polar surface area (TPSA) is 96.0 Å². The minimum absolute atomic E-state index is 0.0417. The Morgan fingerprint density at radius 3 is 2.22 bits per heavy atom. The van der Waals surface area contributed by atoms with Crippen LogP contribution in [0.1, 0.15) is 42.3 Å². The lowest BCUT2D eigenvalue weighted by Crippen LogP contribution is -2.34. The lowest BCUT2D eigenvalue weighted by molar-refractivity contribution is -0.137. The molecule has 0 fully saturated rings. The summed E-state index contributed by atoms with van der Waals surface area (Å²) in [7, 11) is 1.66. The van der Waals surface area contributed by atoms with E-state index in [4.69, 9.17) is 23.2 Å². The largest absolute Gasteiger partial charge is 0.416 e. The number of benzene rings is 3. The normalized spacial score (nSPS) is 11.8. The van der Waals surface area contributed by atoms with Crippen LogP contribution in [0.4, 0.5) is 24.7 Å². The number of alkyl halides is 3. The number of carbonyl (C=O) groups excluding carboxylic acids is 2. The van der Waals surface area contributed by atoms with Gasteiger partial charge >= 0.3 is 6.18 Å². The maximum Gasteiger partial charge on any atom is 0.416 e. The first kappa shape index (κ1) is 30.1. The third-order valence-electron chi connectivity index (χ3n) is 6.18. The predicted octanol–water partition coefficient (Wildman–Crippen LogP) is 7.58. The molecular weight excluding hydrogens is 578 g/mol. The number of amides is 2. The molecule has 0 atom stereocenters. The summed E-state index contributed by atoms with van der Waals surface area (Å²) in [5.74, 6) is -0.0903. The zero-order valence-electron chi connectivity index (χ0n) is 22.5. The Balaban J connectivity index is 1.63. The van der Waals surface area contributed by atoms with E-state index in [9.17, 15) is 22.8 Å². The summed E-state index contributed by atoms with van der Waals surface area (Å²) in [6.07, 6.45) is -4.46. The van der Waals surface area contributed by atoms with E-state index in [1.54, 1.807) is 52.1 Å². The zero-order valence-corrected chi connectivity index (χ0v) is 24.0. The second-order valence-electron chi connectivity index (χ2n) is 10.2. The summed E-state index contributed by atoms with van der Waals surface area (Å²) < 4.78 is 39.0. The van der Waals surface area contributed by atoms with E-state index >= 15 is 0 Å². The van der Waals surface area contributed by atoms with E-state index in [1.807, 2.05) is 0 Å². The van der Waals surface area contributed by atoms with Crippen LogP contribution in [0.3, 0.4) is 0 Å². The van der Waals surface area contributed by atoms with Gasteiger partial charge in [-0.15, -0.1) is 0 Å². The number of anilines is 2. The molecule has 0 bridgehead atoms. The summed E-state index contributed by atoms with van der Waals surface area (Å²) in [5, 5.41) is 9.41. The Bertz CT molecular complexity index is 1640. The molecule has 4 aromatic rings. The van der Waals surface area contributed by atoms with Gasteiger partial charge in [-0.25, -0.2) is 9.97 Å². The van der Waals surface area contributed by atoms with Crippen molar-refractivity contribution in [3.8, 4) is 11.4 Å². The first-order chi connectivity index (χ1) is 19.2. The molecule has 12 heteroatoms. The van der Waals surface area contributed by atoms with Crippen molar-refractivity contribution in [3.05, 3.63) is 81.3 Å². The minimum Gasteiger partial charge on any atom is -0.373 e. The van der Waals surface area contributed by atoms with Crippen LogP contribution in [0.5, 0.6) is 0 Å². The maximum atomic E-state index is 13.3. The van der Waals surface area contributed by atoms with Crippen molar-refractivity contribution >= 4 is 57.4 Å². The number of hydrogen-bond acceptors (Lipinski definition) is 5. The van der Waals surface area contributed by atoms with Gasteiger partial charge in [-0.3, -0.25) is 9.59 Å². The van der Waals surface area contributed by atoms with E-state index in [-0.39, 0.29) is 33.9 Å². The standard InChI is InChI=1S/C29H26Cl2F3N5O2/c1-28(2,3)27(41)36-14-16-7-12-20(30)22(23(16)31)26(40)37-18-10-11-19-21(13-18)38-24(39-25(19)35-4)15-5-8-17(9-6-15)29(32,33)34/h5-13H,14H2,1-4H3,(H,36,41)(H,37,40)(H,35,38,39). The minimum atomic E-state index is -4.46. The van der Waals surface area contributed by atoms with E-state index in [0.717, 1.165) is 12.1 Å². The number of aromatic nitrogens is 2. The van der Waals surface area contributed by atoms with Gasteiger partial charge in [0.2, 0.25) is 5.91 Å². The summed E-state index contributed by atoms with van der Waals surface area (Å²) >= 11 is 12.9. The van der Waals surface area contributed by atoms with Crippen molar-refractivity contribution in [2.75, 3.05) is 17.7 Å². The van der Waals surface area contributed by atoms with Crippen LogP contribution in [0.15, 0.2) is 54.6 Å². The quantitative estimate of drug-likeness (QED) is 0.211. The predicted molar refractivity (Wildman–Crippen MR) is 155 cm³/mol. The monoisotopic (exact) mass is 603 g/mol. The highest BCUT2D eigenvalue weighted by atomic mass is 35.5. The first-order valence-corrected chi connectivity index (χ1v) is 13.2. The van der Waals surface area contributed by atoms with Gasteiger partial charge in [0.25, 0.3) is 5.91 Å². The first-order valence-electron chi connectivity index (χ1n) is 12.4. The molecule has 0 aliphatic rings. The Morgan fingerprint density at radius 1 is 0.927 bits per heavy atom. The van der Waals surface area contributed by atoms with Crippen LogP contribution in [0, 0.1) is 5.41 Å². The van der Waals surface area contributed by atoms with Gasteiger partial charge in [-0.1, -0.05) is 62.2 Å². The second-order valence-corrected chi connectivity index (χ2v) is 11.0. The lowest BCUT2D eigenvalue weighted by Gasteiger charge is -2.18. The third kappa shape index (κ3) is 6.71. The van der Waals surface area contributed by atoms with Crippen molar-refractivity contribution < 1.29 is 22.8 Å². The number of nitrogens with zero attached hydrogens (tertiary/aromatic N) is 2. The number of rotatable bonds is 6. The molecule has 0 saturated heterocycles. The molecule has 4 rings (SSSR count). The molecular formula is C29H26Cl2F3N5O2. The van der Waals surface area contributed by atoms with E-state index < -0.39 is 23.1 Å². The number of nitrogens with one attached hydrogen (secondary N) is 3. The molecule has 0 saturated carbocycles. The highest BCUT2D eigenvalue weighted by Gasteiger charge is 2.30. The van der Waals surface area contributed by atoms with E-state index in [1.165, 1.54) is 18.2 Å². The highest BCUT2D eigenvalue weighted by Crippen LogP contribution is 2.33. The third-order valence-corrected chi connectivity index (χ3v) is 6.93. The van der Waals surface area contributed by atoms with E-state index in [2.05, 4.69) is 25.9 Å². The maximum absolute atomic E-state index is 13.3. The summed E-state index contributed by atoms with van der Waals surface area (Å²) in [6.45, 7) is 5.46. The van der Waals surface area contributed by atoms with Crippen LogP contribution in [-0.2, 0) is 17.5 Å². The van der Waals surface area contributed by atoms with Crippen molar-refractivity contribution in [3.63, 3.8) is 0 Å². The van der Waals surface area contributed by atoms with Gasteiger partial charge in [0.05, 0.1) is 26.7 Å². The molecule has 0 radical (unpaired) electrons. The average molecular weight is 604 g/mol. The molecule has 41 heavy (non-hydrogen) atoms. The molecule has 0 aliphatic carbocycles. The Labute approximate surface area is 244 Å². The molecule has 0 spiro atoms. The Morgan fingerprint density at radius 2 is 1.61 bits per heavy atom. The van der Waals surface area contributed by atoms with E-state index in [0.29, 0.717) is 33.5 Å². The van der Waals surface area contributed by atoms with Crippen LogP contribution in [-0.4, -0.2) is 28.8 Å². The fourth-order valence-corrected chi connectivity index (χ4v) is 4.52. The van der Waals surface area contributed by atoms with Crippen molar-refractivity contribution in [1.29, 1.82) is 0 Å².